The Hall–Kier alpha value is -2.38. The second-order valence-corrected chi connectivity index (χ2v) is 11.0. The molecule has 8 heteroatoms. The van der Waals surface area contributed by atoms with Gasteiger partial charge < -0.3 is 15.1 Å². The van der Waals surface area contributed by atoms with Crippen molar-refractivity contribution in [1.82, 2.24) is 19.8 Å². The maximum absolute atomic E-state index is 13.0. The Kier molecular flexibility index (Phi) is 8.59. The van der Waals surface area contributed by atoms with E-state index in [4.69, 9.17) is 16.6 Å². The molecule has 3 fully saturated rings. The molecule has 7 nitrogen and oxygen atoms in total. The van der Waals surface area contributed by atoms with E-state index in [1.165, 1.54) is 25.7 Å². The first-order valence-electron chi connectivity index (χ1n) is 13.7. The van der Waals surface area contributed by atoms with Gasteiger partial charge in [0.15, 0.2) is 0 Å². The van der Waals surface area contributed by atoms with E-state index in [-0.39, 0.29) is 5.91 Å². The average Bonchev–Trinajstić information content (AvgIpc) is 3.20. The van der Waals surface area contributed by atoms with E-state index in [0.717, 1.165) is 82.3 Å². The molecule has 5 rings (SSSR count). The zero-order valence-corrected chi connectivity index (χ0v) is 22.0. The first-order chi connectivity index (χ1) is 17.6. The smallest absolute Gasteiger partial charge is 0.227 e. The molecule has 3 aliphatic rings. The first kappa shape index (κ1) is 25.3. The summed E-state index contributed by atoms with van der Waals surface area (Å²) in [5.41, 5.74) is 1.02. The standard InChI is InChI=1S/C28H39ClN6O/c29-23-11-9-22(10-12-23)19-27(36)35-18-6-8-25(21-35)34-17-5-7-24(20-34)31-28-30-14-13-26(32-28)33-15-3-1-2-4-16-33/h9-14,24-25H,1-8,15-21H2,(H,30,31,32). The van der Waals surface area contributed by atoms with Crippen LogP contribution >= 0.6 is 11.6 Å². The van der Waals surface area contributed by atoms with Crippen molar-refractivity contribution in [3.05, 3.63) is 47.1 Å². The van der Waals surface area contributed by atoms with Gasteiger partial charge >= 0.3 is 0 Å². The lowest BCUT2D eigenvalue weighted by Crippen LogP contribution is -2.54. The van der Waals surface area contributed by atoms with Gasteiger partial charge in [-0.3, -0.25) is 9.69 Å². The number of anilines is 2. The molecule has 4 heterocycles. The molecular weight excluding hydrogens is 472 g/mol. The van der Waals surface area contributed by atoms with Crippen LogP contribution in [0.15, 0.2) is 36.5 Å². The quantitative estimate of drug-likeness (QED) is 0.611. The minimum absolute atomic E-state index is 0.215. The number of carbonyl (C=O) groups excluding carboxylic acids is 1. The lowest BCUT2D eigenvalue weighted by Gasteiger charge is -2.43. The molecule has 3 saturated heterocycles. The van der Waals surface area contributed by atoms with E-state index in [0.29, 0.717) is 23.5 Å². The lowest BCUT2D eigenvalue weighted by atomic mass is 9.98. The van der Waals surface area contributed by atoms with Gasteiger partial charge in [-0.05, 0) is 68.8 Å². The van der Waals surface area contributed by atoms with E-state index < -0.39 is 0 Å². The number of nitrogens with zero attached hydrogens (tertiary/aromatic N) is 5. The minimum Gasteiger partial charge on any atom is -0.356 e. The van der Waals surface area contributed by atoms with E-state index in [1.54, 1.807) is 0 Å². The number of rotatable bonds is 6. The Bertz CT molecular complexity index is 994. The summed E-state index contributed by atoms with van der Waals surface area (Å²) in [6.07, 6.45) is 11.9. The van der Waals surface area contributed by atoms with Gasteiger partial charge in [0.2, 0.25) is 11.9 Å². The molecule has 2 aromatic rings. The molecular formula is C28H39ClN6O. The van der Waals surface area contributed by atoms with Crippen LogP contribution in [0, 0.1) is 0 Å². The Labute approximate surface area is 220 Å². The molecule has 1 amide bonds. The van der Waals surface area contributed by atoms with Crippen molar-refractivity contribution in [2.75, 3.05) is 49.5 Å². The highest BCUT2D eigenvalue weighted by molar-refractivity contribution is 6.30. The zero-order chi connectivity index (χ0) is 24.7. The van der Waals surface area contributed by atoms with Crippen LogP contribution in [-0.4, -0.2) is 77.0 Å². The van der Waals surface area contributed by atoms with Crippen LogP contribution < -0.4 is 10.2 Å². The van der Waals surface area contributed by atoms with Crippen molar-refractivity contribution in [3.8, 4) is 0 Å². The normalized spacial score (nSPS) is 23.8. The average molecular weight is 511 g/mol. The molecule has 3 aliphatic heterocycles. The Balaban J connectivity index is 1.16. The number of benzene rings is 1. The third kappa shape index (κ3) is 6.68. The van der Waals surface area contributed by atoms with Gasteiger partial charge in [-0.15, -0.1) is 0 Å². The van der Waals surface area contributed by atoms with Gasteiger partial charge in [0, 0.05) is 56.0 Å². The highest BCUT2D eigenvalue weighted by atomic mass is 35.5. The summed E-state index contributed by atoms with van der Waals surface area (Å²) < 4.78 is 0. The van der Waals surface area contributed by atoms with Gasteiger partial charge in [-0.1, -0.05) is 36.6 Å². The molecule has 1 N–H and O–H groups in total. The highest BCUT2D eigenvalue weighted by Gasteiger charge is 2.31. The van der Waals surface area contributed by atoms with Crippen LogP contribution in [0.2, 0.25) is 5.02 Å². The highest BCUT2D eigenvalue weighted by Crippen LogP contribution is 2.24. The third-order valence-corrected chi connectivity index (χ3v) is 8.14. The van der Waals surface area contributed by atoms with Crippen molar-refractivity contribution in [3.63, 3.8) is 0 Å². The Morgan fingerprint density at radius 1 is 0.917 bits per heavy atom. The monoisotopic (exact) mass is 510 g/mol. The molecule has 36 heavy (non-hydrogen) atoms. The largest absolute Gasteiger partial charge is 0.356 e. The van der Waals surface area contributed by atoms with Gasteiger partial charge in [-0.2, -0.15) is 4.98 Å². The van der Waals surface area contributed by atoms with Gasteiger partial charge in [0.05, 0.1) is 6.42 Å². The topological polar surface area (TPSA) is 64.6 Å². The van der Waals surface area contributed by atoms with Gasteiger partial charge in [0.1, 0.15) is 5.82 Å². The Morgan fingerprint density at radius 2 is 1.69 bits per heavy atom. The predicted octanol–water partition coefficient (Wildman–Crippen LogP) is 4.62. The molecule has 0 saturated carbocycles. The molecule has 2 atom stereocenters. The molecule has 2 unspecified atom stereocenters. The fraction of sp³-hybridized carbons (Fsp3) is 0.607. The number of aromatic nitrogens is 2. The van der Waals surface area contributed by atoms with Crippen molar-refractivity contribution >= 4 is 29.3 Å². The van der Waals surface area contributed by atoms with Crippen LogP contribution in [-0.2, 0) is 11.2 Å². The van der Waals surface area contributed by atoms with Crippen LogP contribution in [0.3, 0.4) is 0 Å². The van der Waals surface area contributed by atoms with Crippen LogP contribution in [0.1, 0.15) is 56.9 Å². The third-order valence-electron chi connectivity index (χ3n) is 7.89. The second kappa shape index (κ2) is 12.2. The SMILES string of the molecule is O=C(Cc1ccc(Cl)cc1)N1CCCC(N2CCCC(Nc3nccc(N4CCCCCC4)n3)C2)C1. The fourth-order valence-corrected chi connectivity index (χ4v) is 6.03. The van der Waals surface area contributed by atoms with E-state index in [2.05, 4.69) is 25.0 Å². The number of carbonyl (C=O) groups is 1. The molecule has 0 radical (unpaired) electrons. The molecule has 1 aromatic carbocycles. The summed E-state index contributed by atoms with van der Waals surface area (Å²) in [7, 11) is 0. The number of amides is 1. The van der Waals surface area contributed by atoms with E-state index in [1.807, 2.05) is 36.5 Å². The number of likely N-dealkylation sites (tertiary alicyclic amines) is 2. The number of hydrogen-bond acceptors (Lipinski definition) is 6. The minimum atomic E-state index is 0.215. The first-order valence-corrected chi connectivity index (χ1v) is 14.1. The van der Waals surface area contributed by atoms with Crippen LogP contribution in [0.5, 0.6) is 0 Å². The van der Waals surface area contributed by atoms with Crippen LogP contribution in [0.25, 0.3) is 0 Å². The number of piperidine rings is 2. The molecule has 0 spiro atoms. The molecule has 0 aliphatic carbocycles. The van der Waals surface area contributed by atoms with E-state index in [9.17, 15) is 4.79 Å². The maximum atomic E-state index is 13.0. The van der Waals surface area contributed by atoms with Crippen LogP contribution in [0.4, 0.5) is 11.8 Å². The van der Waals surface area contributed by atoms with Crippen molar-refractivity contribution in [2.45, 2.75) is 69.9 Å². The Morgan fingerprint density at radius 3 is 2.50 bits per heavy atom. The van der Waals surface area contributed by atoms with E-state index >= 15 is 0 Å². The van der Waals surface area contributed by atoms with Crippen molar-refractivity contribution < 1.29 is 4.79 Å². The second-order valence-electron chi connectivity index (χ2n) is 10.6. The summed E-state index contributed by atoms with van der Waals surface area (Å²) in [5.74, 6) is 2.00. The summed E-state index contributed by atoms with van der Waals surface area (Å²) in [6, 6.07) is 10.4. The number of hydrogen-bond donors (Lipinski definition) is 1. The maximum Gasteiger partial charge on any atom is 0.227 e. The predicted molar refractivity (Wildman–Crippen MR) is 146 cm³/mol. The van der Waals surface area contributed by atoms with Crippen molar-refractivity contribution in [1.29, 1.82) is 0 Å². The summed E-state index contributed by atoms with van der Waals surface area (Å²) in [4.78, 5) is 29.5. The zero-order valence-electron chi connectivity index (χ0n) is 21.2. The summed E-state index contributed by atoms with van der Waals surface area (Å²) in [5, 5.41) is 4.34. The van der Waals surface area contributed by atoms with Gasteiger partial charge in [-0.25, -0.2) is 4.98 Å². The molecule has 194 valence electrons. The number of halogens is 1. The van der Waals surface area contributed by atoms with Gasteiger partial charge in [0.25, 0.3) is 0 Å². The molecule has 0 bridgehead atoms. The summed E-state index contributed by atoms with van der Waals surface area (Å²) >= 11 is 6.00. The molecule has 1 aromatic heterocycles. The fourth-order valence-electron chi connectivity index (χ4n) is 5.90. The summed E-state index contributed by atoms with van der Waals surface area (Å²) in [6.45, 7) is 5.92. The van der Waals surface area contributed by atoms with Crippen molar-refractivity contribution in [2.24, 2.45) is 0 Å². The number of nitrogens with one attached hydrogen (secondary N) is 1. The lowest BCUT2D eigenvalue weighted by molar-refractivity contribution is -0.132.